The van der Waals surface area contributed by atoms with Gasteiger partial charge in [-0.2, -0.15) is 5.10 Å². The van der Waals surface area contributed by atoms with Crippen molar-refractivity contribution < 1.29 is 18.7 Å². The predicted molar refractivity (Wildman–Crippen MR) is 118 cm³/mol. The number of nitrogens with one attached hydrogen (secondary N) is 1. The van der Waals surface area contributed by atoms with Gasteiger partial charge in [-0.3, -0.25) is 4.79 Å². The Kier molecular flexibility index (Phi) is 6.63. The van der Waals surface area contributed by atoms with Gasteiger partial charge in [0.15, 0.2) is 11.5 Å². The van der Waals surface area contributed by atoms with Crippen LogP contribution in [-0.4, -0.2) is 29.9 Å². The fourth-order valence-corrected chi connectivity index (χ4v) is 3.78. The number of hydrogen-bond donors (Lipinski definition) is 1. The third-order valence-corrected chi connectivity index (χ3v) is 5.48. The minimum Gasteiger partial charge on any atom is -0.493 e. The molecular weight excluding hydrogens is 397 g/mol. The Bertz CT molecular complexity index is 1110. The fourth-order valence-electron chi connectivity index (χ4n) is 3.78. The van der Waals surface area contributed by atoms with Crippen LogP contribution in [0, 0.1) is 26.6 Å². The second-order valence-electron chi connectivity index (χ2n) is 7.54. The summed E-state index contributed by atoms with van der Waals surface area (Å²) in [4.78, 5) is 12.8. The first-order valence-corrected chi connectivity index (χ1v) is 10.1. The van der Waals surface area contributed by atoms with E-state index in [-0.39, 0.29) is 24.2 Å². The fraction of sp³-hybridized carbons (Fsp3) is 0.333. The van der Waals surface area contributed by atoms with E-state index in [9.17, 15) is 9.18 Å². The molecule has 7 heteroatoms. The molecule has 164 valence electrons. The van der Waals surface area contributed by atoms with Gasteiger partial charge in [0.1, 0.15) is 11.5 Å². The standard InChI is InChI=1S/C24H28FN3O3/c1-14-11-22(30-5)23(31-6)12-18(14)15(2)26-24(29)13-19-16(3)27-28(17(19)4)21-10-8-7-9-20(21)25/h7-12,15H,13H2,1-6H3,(H,26,29)/t15-/m1/s1. The number of rotatable bonds is 7. The number of hydrogen-bond acceptors (Lipinski definition) is 4. The monoisotopic (exact) mass is 425 g/mol. The zero-order chi connectivity index (χ0) is 22.7. The Morgan fingerprint density at radius 1 is 1.13 bits per heavy atom. The van der Waals surface area contributed by atoms with Gasteiger partial charge in [-0.15, -0.1) is 0 Å². The molecule has 2 aromatic carbocycles. The topological polar surface area (TPSA) is 65.4 Å². The molecule has 0 bridgehead atoms. The van der Waals surface area contributed by atoms with Gasteiger partial charge in [-0.25, -0.2) is 9.07 Å². The van der Waals surface area contributed by atoms with E-state index in [4.69, 9.17) is 9.47 Å². The highest BCUT2D eigenvalue weighted by Gasteiger charge is 2.20. The molecule has 0 aliphatic carbocycles. The molecule has 1 atom stereocenters. The molecule has 0 aliphatic heterocycles. The third kappa shape index (κ3) is 4.55. The molecule has 0 fully saturated rings. The summed E-state index contributed by atoms with van der Waals surface area (Å²) in [6.45, 7) is 7.56. The summed E-state index contributed by atoms with van der Waals surface area (Å²) in [6.07, 6.45) is 0.156. The second kappa shape index (κ2) is 9.20. The second-order valence-corrected chi connectivity index (χ2v) is 7.54. The highest BCUT2D eigenvalue weighted by molar-refractivity contribution is 5.79. The van der Waals surface area contributed by atoms with Gasteiger partial charge < -0.3 is 14.8 Å². The number of aromatic nitrogens is 2. The van der Waals surface area contributed by atoms with Crippen LogP contribution in [0.4, 0.5) is 4.39 Å². The lowest BCUT2D eigenvalue weighted by molar-refractivity contribution is -0.121. The van der Waals surface area contributed by atoms with E-state index in [1.165, 1.54) is 6.07 Å². The predicted octanol–water partition coefficient (Wildman–Crippen LogP) is 4.37. The van der Waals surface area contributed by atoms with Crippen molar-refractivity contribution in [1.82, 2.24) is 15.1 Å². The number of carbonyl (C=O) groups excluding carboxylic acids is 1. The number of para-hydroxylation sites is 1. The van der Waals surface area contributed by atoms with Crippen LogP contribution in [0.2, 0.25) is 0 Å². The van der Waals surface area contributed by atoms with Crippen molar-refractivity contribution in [3.05, 3.63) is 70.3 Å². The van der Waals surface area contributed by atoms with Gasteiger partial charge in [0.25, 0.3) is 0 Å². The van der Waals surface area contributed by atoms with Crippen molar-refractivity contribution in [2.24, 2.45) is 0 Å². The van der Waals surface area contributed by atoms with E-state index >= 15 is 0 Å². The van der Waals surface area contributed by atoms with Gasteiger partial charge in [0, 0.05) is 11.3 Å². The number of carbonyl (C=O) groups is 1. The molecule has 3 aromatic rings. The molecule has 1 N–H and O–H groups in total. The first kappa shape index (κ1) is 22.3. The highest BCUT2D eigenvalue weighted by atomic mass is 19.1. The third-order valence-electron chi connectivity index (χ3n) is 5.48. The first-order valence-electron chi connectivity index (χ1n) is 10.1. The maximum atomic E-state index is 14.2. The van der Waals surface area contributed by atoms with E-state index in [0.717, 1.165) is 22.4 Å². The molecule has 1 aromatic heterocycles. The number of methoxy groups -OCH3 is 2. The maximum Gasteiger partial charge on any atom is 0.225 e. The number of aryl methyl sites for hydroxylation is 2. The van der Waals surface area contributed by atoms with Crippen molar-refractivity contribution in [3.8, 4) is 17.2 Å². The number of ether oxygens (including phenoxy) is 2. The quantitative estimate of drug-likeness (QED) is 0.610. The number of benzene rings is 2. The van der Waals surface area contributed by atoms with E-state index < -0.39 is 0 Å². The molecule has 0 unspecified atom stereocenters. The summed E-state index contributed by atoms with van der Waals surface area (Å²) >= 11 is 0. The summed E-state index contributed by atoms with van der Waals surface area (Å²) in [5, 5.41) is 7.50. The number of halogens is 1. The largest absolute Gasteiger partial charge is 0.493 e. The molecular formula is C24H28FN3O3. The van der Waals surface area contributed by atoms with E-state index in [1.807, 2.05) is 39.8 Å². The van der Waals surface area contributed by atoms with Crippen molar-refractivity contribution in [2.75, 3.05) is 14.2 Å². The van der Waals surface area contributed by atoms with Crippen LogP contribution in [0.1, 0.15) is 41.0 Å². The molecule has 1 amide bonds. The molecule has 0 aliphatic rings. The van der Waals surface area contributed by atoms with E-state index in [1.54, 1.807) is 37.1 Å². The van der Waals surface area contributed by atoms with E-state index in [2.05, 4.69) is 10.4 Å². The first-order chi connectivity index (χ1) is 14.8. The molecule has 6 nitrogen and oxygen atoms in total. The minimum atomic E-state index is -0.360. The van der Waals surface area contributed by atoms with Crippen LogP contribution in [-0.2, 0) is 11.2 Å². The van der Waals surface area contributed by atoms with Crippen LogP contribution in [0.25, 0.3) is 5.69 Å². The van der Waals surface area contributed by atoms with Gasteiger partial charge in [-0.1, -0.05) is 12.1 Å². The summed E-state index contributed by atoms with van der Waals surface area (Å²) < 4.78 is 26.5. The minimum absolute atomic E-state index is 0.138. The molecule has 0 saturated carbocycles. The zero-order valence-electron chi connectivity index (χ0n) is 18.7. The summed E-state index contributed by atoms with van der Waals surface area (Å²) in [5.41, 5.74) is 4.53. The van der Waals surface area contributed by atoms with E-state index in [0.29, 0.717) is 22.9 Å². The van der Waals surface area contributed by atoms with Crippen LogP contribution in [0.5, 0.6) is 11.5 Å². The molecule has 0 spiro atoms. The normalized spacial score (nSPS) is 11.8. The molecule has 1 heterocycles. The lowest BCUT2D eigenvalue weighted by Crippen LogP contribution is -2.29. The Morgan fingerprint density at radius 3 is 2.42 bits per heavy atom. The van der Waals surface area contributed by atoms with Crippen LogP contribution < -0.4 is 14.8 Å². The summed E-state index contributed by atoms with van der Waals surface area (Å²) in [5.74, 6) is 0.763. The number of amides is 1. The molecule has 0 radical (unpaired) electrons. The smallest absolute Gasteiger partial charge is 0.225 e. The van der Waals surface area contributed by atoms with Gasteiger partial charge in [0.2, 0.25) is 5.91 Å². The van der Waals surface area contributed by atoms with Crippen LogP contribution in [0.15, 0.2) is 36.4 Å². The SMILES string of the molecule is COc1cc(C)c([C@@H](C)NC(=O)Cc2c(C)nn(-c3ccccc3F)c2C)cc1OC. The number of nitrogens with zero attached hydrogens (tertiary/aromatic N) is 2. The van der Waals surface area contributed by atoms with Gasteiger partial charge in [0.05, 0.1) is 32.4 Å². The molecule has 3 rings (SSSR count). The lowest BCUT2D eigenvalue weighted by Gasteiger charge is -2.19. The van der Waals surface area contributed by atoms with Crippen LogP contribution in [0.3, 0.4) is 0 Å². The lowest BCUT2D eigenvalue weighted by atomic mass is 10.0. The van der Waals surface area contributed by atoms with Gasteiger partial charge in [-0.05, 0) is 63.1 Å². The highest BCUT2D eigenvalue weighted by Crippen LogP contribution is 2.33. The van der Waals surface area contributed by atoms with Crippen molar-refractivity contribution in [1.29, 1.82) is 0 Å². The average molecular weight is 426 g/mol. The van der Waals surface area contributed by atoms with Crippen molar-refractivity contribution in [2.45, 2.75) is 40.2 Å². The zero-order valence-corrected chi connectivity index (χ0v) is 18.7. The molecule has 31 heavy (non-hydrogen) atoms. The summed E-state index contributed by atoms with van der Waals surface area (Å²) in [6, 6.07) is 10.0. The van der Waals surface area contributed by atoms with Crippen molar-refractivity contribution >= 4 is 5.91 Å². The Balaban J connectivity index is 1.80. The average Bonchev–Trinajstić information content (AvgIpc) is 3.01. The van der Waals surface area contributed by atoms with Crippen LogP contribution >= 0.6 is 0 Å². The van der Waals surface area contributed by atoms with Gasteiger partial charge >= 0.3 is 0 Å². The maximum absolute atomic E-state index is 14.2. The Morgan fingerprint density at radius 2 is 1.77 bits per heavy atom. The molecule has 0 saturated heterocycles. The summed E-state index contributed by atoms with van der Waals surface area (Å²) in [7, 11) is 3.17. The Labute approximate surface area is 182 Å². The Hall–Kier alpha value is -3.35. The van der Waals surface area contributed by atoms with Crippen molar-refractivity contribution in [3.63, 3.8) is 0 Å².